The molecule has 0 radical (unpaired) electrons. The second-order valence-corrected chi connectivity index (χ2v) is 5.11. The van der Waals surface area contributed by atoms with Crippen LogP contribution in [0.25, 0.3) is 21.0 Å². The molecule has 0 spiro atoms. The summed E-state index contributed by atoms with van der Waals surface area (Å²) in [7, 11) is 0. The third kappa shape index (κ3) is 2.07. The lowest BCUT2D eigenvalue weighted by Gasteiger charge is -1.96. The second-order valence-electron chi connectivity index (χ2n) is 4.08. The summed E-state index contributed by atoms with van der Waals surface area (Å²) in [5.74, 6) is 0. The van der Waals surface area contributed by atoms with Gasteiger partial charge in [-0.1, -0.05) is 41.7 Å². The van der Waals surface area contributed by atoms with Crippen LogP contribution in [-0.2, 0) is 0 Å². The number of aromatic nitrogens is 1. The molecular formula is C15H8N4S. The zero-order chi connectivity index (χ0) is 13.9. The Labute approximate surface area is 119 Å². The molecule has 0 aliphatic rings. The van der Waals surface area contributed by atoms with Crippen molar-refractivity contribution in [3.05, 3.63) is 48.2 Å². The first kappa shape index (κ1) is 12.2. The number of anilines is 1. The van der Waals surface area contributed by atoms with Gasteiger partial charge >= 0.3 is 0 Å². The van der Waals surface area contributed by atoms with Crippen LogP contribution >= 0.6 is 11.3 Å². The summed E-state index contributed by atoms with van der Waals surface area (Å²) in [6, 6.07) is 15.7. The van der Waals surface area contributed by atoms with Crippen LogP contribution in [0.3, 0.4) is 0 Å². The maximum absolute atomic E-state index is 8.69. The molecule has 0 saturated heterocycles. The van der Waals surface area contributed by atoms with Crippen LogP contribution in [0.5, 0.6) is 0 Å². The lowest BCUT2D eigenvalue weighted by atomic mass is 10.1. The molecule has 0 fully saturated rings. The van der Waals surface area contributed by atoms with Gasteiger partial charge in [-0.15, -0.1) is 0 Å². The second kappa shape index (κ2) is 5.00. The summed E-state index contributed by atoms with van der Waals surface area (Å²) < 4.78 is 1.06. The highest BCUT2D eigenvalue weighted by Crippen LogP contribution is 2.31. The fourth-order valence-electron chi connectivity index (χ4n) is 1.95. The standard InChI is InChI=1S/C15H8N4S/c16-7-10(8-17)9-18-15-19-14-12-4-2-1-3-11(12)5-6-13(14)20-15/h1-6,9H,(H,18,19). The minimum atomic E-state index is 0.0223. The van der Waals surface area contributed by atoms with Crippen molar-refractivity contribution in [3.63, 3.8) is 0 Å². The van der Waals surface area contributed by atoms with Crippen LogP contribution in [0.15, 0.2) is 48.2 Å². The van der Waals surface area contributed by atoms with Crippen molar-refractivity contribution in [2.24, 2.45) is 0 Å². The molecule has 1 heterocycles. The molecule has 4 nitrogen and oxygen atoms in total. The van der Waals surface area contributed by atoms with Gasteiger partial charge in [0, 0.05) is 11.6 Å². The molecule has 1 aromatic heterocycles. The van der Waals surface area contributed by atoms with Gasteiger partial charge in [-0.3, -0.25) is 0 Å². The smallest absolute Gasteiger partial charge is 0.187 e. The van der Waals surface area contributed by atoms with Crippen molar-refractivity contribution in [1.82, 2.24) is 4.98 Å². The van der Waals surface area contributed by atoms with Crippen molar-refractivity contribution in [1.29, 1.82) is 10.5 Å². The summed E-state index contributed by atoms with van der Waals surface area (Å²) in [6.45, 7) is 0. The highest BCUT2D eigenvalue weighted by Gasteiger charge is 2.06. The quantitative estimate of drug-likeness (QED) is 0.723. The Hall–Kier alpha value is -2.89. The van der Waals surface area contributed by atoms with E-state index in [9.17, 15) is 0 Å². The van der Waals surface area contributed by atoms with Crippen molar-refractivity contribution < 1.29 is 0 Å². The minimum absolute atomic E-state index is 0.0223. The molecule has 3 aromatic rings. The third-order valence-corrected chi connectivity index (χ3v) is 3.82. The zero-order valence-electron chi connectivity index (χ0n) is 10.3. The van der Waals surface area contributed by atoms with Gasteiger partial charge < -0.3 is 5.32 Å². The molecule has 0 atom stereocenters. The summed E-state index contributed by atoms with van der Waals surface area (Å²) in [4.78, 5) is 4.53. The normalized spacial score (nSPS) is 9.90. The molecular weight excluding hydrogens is 268 g/mol. The van der Waals surface area contributed by atoms with E-state index in [1.165, 1.54) is 17.5 Å². The third-order valence-electron chi connectivity index (χ3n) is 2.86. The van der Waals surface area contributed by atoms with Gasteiger partial charge in [0.15, 0.2) is 5.13 Å². The first-order valence-electron chi connectivity index (χ1n) is 5.87. The van der Waals surface area contributed by atoms with Gasteiger partial charge in [0.25, 0.3) is 0 Å². The maximum Gasteiger partial charge on any atom is 0.187 e. The van der Waals surface area contributed by atoms with E-state index < -0.39 is 0 Å². The highest BCUT2D eigenvalue weighted by atomic mass is 32.1. The molecule has 0 aliphatic carbocycles. The van der Waals surface area contributed by atoms with Gasteiger partial charge in [0.2, 0.25) is 0 Å². The fraction of sp³-hybridized carbons (Fsp3) is 0. The molecule has 1 N–H and O–H groups in total. The predicted molar refractivity (Wildman–Crippen MR) is 80.1 cm³/mol. The van der Waals surface area contributed by atoms with Gasteiger partial charge in [0.05, 0.1) is 10.2 Å². The summed E-state index contributed by atoms with van der Waals surface area (Å²) in [5.41, 5.74) is 0.952. The molecule has 0 saturated carbocycles. The maximum atomic E-state index is 8.69. The van der Waals surface area contributed by atoms with E-state index in [1.54, 1.807) is 12.1 Å². The van der Waals surface area contributed by atoms with E-state index in [2.05, 4.69) is 16.4 Å². The Morgan fingerprint density at radius 3 is 2.75 bits per heavy atom. The van der Waals surface area contributed by atoms with Crippen LogP contribution in [0.1, 0.15) is 0 Å². The number of nitriles is 2. The van der Waals surface area contributed by atoms with Gasteiger partial charge in [-0.05, 0) is 11.5 Å². The topological polar surface area (TPSA) is 72.5 Å². The Bertz CT molecular complexity index is 893. The zero-order valence-corrected chi connectivity index (χ0v) is 11.1. The number of nitrogens with zero attached hydrogens (tertiary/aromatic N) is 3. The van der Waals surface area contributed by atoms with Crippen molar-refractivity contribution in [3.8, 4) is 12.1 Å². The van der Waals surface area contributed by atoms with E-state index in [1.807, 2.05) is 30.3 Å². The van der Waals surface area contributed by atoms with Crippen molar-refractivity contribution in [2.45, 2.75) is 0 Å². The van der Waals surface area contributed by atoms with Crippen LogP contribution in [0, 0.1) is 22.7 Å². The molecule has 0 unspecified atom stereocenters. The van der Waals surface area contributed by atoms with Gasteiger partial charge in [-0.2, -0.15) is 10.5 Å². The Kier molecular flexibility index (Phi) is 3.04. The van der Waals surface area contributed by atoms with Crippen LogP contribution in [0.4, 0.5) is 5.13 Å². The van der Waals surface area contributed by atoms with Gasteiger partial charge in [-0.25, -0.2) is 4.98 Å². The number of rotatable bonds is 2. The van der Waals surface area contributed by atoms with Crippen molar-refractivity contribution in [2.75, 3.05) is 5.32 Å². The van der Waals surface area contributed by atoms with Crippen LogP contribution < -0.4 is 5.32 Å². The first-order chi connectivity index (χ1) is 9.81. The van der Waals surface area contributed by atoms with E-state index in [0.29, 0.717) is 5.13 Å². The molecule has 94 valence electrons. The fourth-order valence-corrected chi connectivity index (χ4v) is 2.80. The average molecular weight is 276 g/mol. The summed E-state index contributed by atoms with van der Waals surface area (Å²) in [5, 5.41) is 23.2. The monoisotopic (exact) mass is 276 g/mol. The number of allylic oxidation sites excluding steroid dienone is 1. The molecule has 5 heteroatoms. The molecule has 0 bridgehead atoms. The van der Waals surface area contributed by atoms with E-state index in [4.69, 9.17) is 10.5 Å². The molecule has 20 heavy (non-hydrogen) atoms. The number of fused-ring (bicyclic) bond motifs is 3. The van der Waals surface area contributed by atoms with Crippen LogP contribution in [-0.4, -0.2) is 4.98 Å². The SMILES string of the molecule is N#CC(C#N)=CNc1nc2c(ccc3ccccc32)s1. The first-order valence-corrected chi connectivity index (χ1v) is 6.68. The van der Waals surface area contributed by atoms with Crippen molar-refractivity contribution >= 4 is 37.5 Å². The molecule has 0 amide bonds. The average Bonchev–Trinajstić information content (AvgIpc) is 2.92. The lowest BCUT2D eigenvalue weighted by molar-refractivity contribution is 1.42. The number of nitrogens with one attached hydrogen (secondary N) is 1. The molecule has 3 rings (SSSR count). The van der Waals surface area contributed by atoms with Crippen LogP contribution in [0.2, 0.25) is 0 Å². The molecule has 2 aromatic carbocycles. The number of thiazole rings is 1. The Morgan fingerprint density at radius 2 is 1.95 bits per heavy atom. The largest absolute Gasteiger partial charge is 0.336 e. The molecule has 0 aliphatic heterocycles. The number of hydrogen-bond donors (Lipinski definition) is 1. The Balaban J connectivity index is 2.08. The Morgan fingerprint density at radius 1 is 1.15 bits per heavy atom. The predicted octanol–water partition coefficient (Wildman–Crippen LogP) is 3.79. The minimum Gasteiger partial charge on any atom is -0.336 e. The summed E-state index contributed by atoms with van der Waals surface area (Å²) in [6.07, 6.45) is 1.37. The number of benzene rings is 2. The lowest BCUT2D eigenvalue weighted by Crippen LogP contribution is -1.88. The van der Waals surface area contributed by atoms with E-state index in [-0.39, 0.29) is 5.57 Å². The highest BCUT2D eigenvalue weighted by molar-refractivity contribution is 7.22. The van der Waals surface area contributed by atoms with Gasteiger partial charge in [0.1, 0.15) is 17.7 Å². The summed E-state index contributed by atoms with van der Waals surface area (Å²) >= 11 is 1.49. The van der Waals surface area contributed by atoms with E-state index >= 15 is 0 Å². The number of hydrogen-bond acceptors (Lipinski definition) is 5. The van der Waals surface area contributed by atoms with E-state index in [0.717, 1.165) is 21.0 Å².